The molecule has 5 nitrogen and oxygen atoms in total. The highest BCUT2D eigenvalue weighted by molar-refractivity contribution is 5.79. The minimum atomic E-state index is -3.87. The third kappa shape index (κ3) is 3.60. The minimum absolute atomic E-state index is 0.122. The van der Waals surface area contributed by atoms with E-state index in [0.717, 1.165) is 22.3 Å². The van der Waals surface area contributed by atoms with E-state index in [1.807, 2.05) is 48.5 Å². The molecule has 0 radical (unpaired) electrons. The van der Waals surface area contributed by atoms with Gasteiger partial charge in [0, 0.05) is 5.92 Å². The van der Waals surface area contributed by atoms with E-state index >= 15 is 0 Å². The molecule has 1 aliphatic carbocycles. The van der Waals surface area contributed by atoms with Gasteiger partial charge in [-0.2, -0.15) is 8.78 Å². The maximum absolute atomic E-state index is 13.3. The number of rotatable bonds is 5. The molecule has 25 heavy (non-hydrogen) atoms. The lowest BCUT2D eigenvalue weighted by atomic mass is 9.98. The monoisotopic (exact) mass is 347 g/mol. The van der Waals surface area contributed by atoms with E-state index in [1.165, 1.54) is 5.32 Å². The van der Waals surface area contributed by atoms with Crippen molar-refractivity contribution in [2.24, 2.45) is 0 Å². The van der Waals surface area contributed by atoms with E-state index in [2.05, 4.69) is 0 Å². The average Bonchev–Trinajstić information content (AvgIpc) is 2.85. The third-order valence-corrected chi connectivity index (χ3v) is 4.00. The largest absolute Gasteiger partial charge is 0.481 e. The van der Waals surface area contributed by atoms with Gasteiger partial charge in [-0.05, 0) is 22.3 Å². The molecule has 2 aromatic carbocycles. The Balaban J connectivity index is 1.71. The third-order valence-electron chi connectivity index (χ3n) is 4.00. The Morgan fingerprint density at radius 3 is 2.08 bits per heavy atom. The summed E-state index contributed by atoms with van der Waals surface area (Å²) in [6.45, 7) is -0.122. The lowest BCUT2D eigenvalue weighted by Gasteiger charge is -2.18. The summed E-state index contributed by atoms with van der Waals surface area (Å²) in [4.78, 5) is 22.0. The fourth-order valence-electron chi connectivity index (χ4n) is 3.02. The Morgan fingerprint density at radius 2 is 1.56 bits per heavy atom. The van der Waals surface area contributed by atoms with Gasteiger partial charge in [0.15, 0.2) is 0 Å². The van der Waals surface area contributed by atoms with E-state index in [-0.39, 0.29) is 12.5 Å². The molecule has 0 fully saturated rings. The first kappa shape index (κ1) is 16.9. The van der Waals surface area contributed by atoms with Gasteiger partial charge in [-0.3, -0.25) is 10.1 Å². The molecule has 3 rings (SSSR count). The van der Waals surface area contributed by atoms with Gasteiger partial charge in [-0.1, -0.05) is 48.5 Å². The molecule has 1 amide bonds. The predicted molar refractivity (Wildman–Crippen MR) is 85.4 cm³/mol. The molecule has 0 aromatic heterocycles. The summed E-state index contributed by atoms with van der Waals surface area (Å²) in [6, 6.07) is 11.4. The zero-order valence-corrected chi connectivity index (χ0v) is 13.0. The fourth-order valence-corrected chi connectivity index (χ4v) is 3.02. The molecule has 0 aliphatic heterocycles. The smallest absolute Gasteiger partial charge is 0.411 e. The van der Waals surface area contributed by atoms with Crippen LogP contribution in [0.1, 0.15) is 23.5 Å². The molecule has 7 heteroatoms. The van der Waals surface area contributed by atoms with Crippen molar-refractivity contribution in [2.45, 2.75) is 18.4 Å². The number of carbonyl (C=O) groups is 2. The lowest BCUT2D eigenvalue weighted by molar-refractivity contribution is -0.146. The van der Waals surface area contributed by atoms with Crippen molar-refractivity contribution >= 4 is 12.1 Å². The first-order valence-corrected chi connectivity index (χ1v) is 7.60. The van der Waals surface area contributed by atoms with Crippen molar-refractivity contribution in [2.75, 3.05) is 6.61 Å². The molecule has 0 saturated carbocycles. The molecule has 2 aromatic rings. The molecule has 0 heterocycles. The molecular formula is C18H15F2NO4. The summed E-state index contributed by atoms with van der Waals surface area (Å²) < 4.78 is 31.6. The van der Waals surface area contributed by atoms with Gasteiger partial charge >= 0.3 is 18.1 Å². The van der Waals surface area contributed by atoms with Crippen LogP contribution < -0.4 is 5.32 Å². The fraction of sp³-hybridized carbons (Fsp3) is 0.222. The number of nitrogens with one attached hydrogen (secondary N) is 1. The van der Waals surface area contributed by atoms with Crippen molar-refractivity contribution in [3.05, 3.63) is 59.7 Å². The molecule has 0 unspecified atom stereocenters. The van der Waals surface area contributed by atoms with Crippen LogP contribution >= 0.6 is 0 Å². The SMILES string of the molecule is O=C(O)CC(F)(F)NC(=O)OCC1c2ccccc2-c2ccccc21. The summed E-state index contributed by atoms with van der Waals surface area (Å²) >= 11 is 0. The average molecular weight is 347 g/mol. The van der Waals surface area contributed by atoms with E-state index in [9.17, 15) is 18.4 Å². The molecule has 1 aliphatic rings. The van der Waals surface area contributed by atoms with Crippen LogP contribution in [0.25, 0.3) is 11.1 Å². The Bertz CT molecular complexity index is 777. The molecule has 130 valence electrons. The second-order valence-corrected chi connectivity index (χ2v) is 5.73. The first-order chi connectivity index (χ1) is 11.9. The van der Waals surface area contributed by atoms with Gasteiger partial charge in [0.25, 0.3) is 0 Å². The molecule has 0 saturated heterocycles. The van der Waals surface area contributed by atoms with Crippen LogP contribution in [0, 0.1) is 0 Å². The zero-order valence-electron chi connectivity index (χ0n) is 13.0. The van der Waals surface area contributed by atoms with E-state index in [0.29, 0.717) is 0 Å². The van der Waals surface area contributed by atoms with Crippen molar-refractivity contribution in [1.29, 1.82) is 0 Å². The number of carboxylic acid groups (broad SMARTS) is 1. The second kappa shape index (κ2) is 6.51. The Labute approximate surface area is 142 Å². The molecule has 2 N–H and O–H groups in total. The van der Waals surface area contributed by atoms with Crippen LogP contribution in [-0.4, -0.2) is 29.8 Å². The highest BCUT2D eigenvalue weighted by Gasteiger charge is 2.35. The zero-order chi connectivity index (χ0) is 18.0. The minimum Gasteiger partial charge on any atom is -0.481 e. The van der Waals surface area contributed by atoms with E-state index < -0.39 is 24.5 Å². The number of fused-ring (bicyclic) bond motifs is 3. The van der Waals surface area contributed by atoms with Crippen LogP contribution in [0.15, 0.2) is 48.5 Å². The summed E-state index contributed by atoms with van der Waals surface area (Å²) in [7, 11) is 0. The van der Waals surface area contributed by atoms with Gasteiger partial charge in [-0.25, -0.2) is 4.79 Å². The van der Waals surface area contributed by atoms with Gasteiger partial charge in [0.1, 0.15) is 13.0 Å². The maximum atomic E-state index is 13.3. The molecular weight excluding hydrogens is 332 g/mol. The number of hydrogen-bond acceptors (Lipinski definition) is 3. The van der Waals surface area contributed by atoms with Crippen molar-refractivity contribution in [3.8, 4) is 11.1 Å². The highest BCUT2D eigenvalue weighted by Crippen LogP contribution is 2.44. The number of halogens is 2. The van der Waals surface area contributed by atoms with Gasteiger partial charge < -0.3 is 9.84 Å². The van der Waals surface area contributed by atoms with Crippen molar-refractivity contribution < 1.29 is 28.2 Å². The van der Waals surface area contributed by atoms with Crippen LogP contribution in [-0.2, 0) is 9.53 Å². The second-order valence-electron chi connectivity index (χ2n) is 5.73. The summed E-state index contributed by atoms with van der Waals surface area (Å²) in [5.41, 5.74) is 3.94. The summed E-state index contributed by atoms with van der Waals surface area (Å²) in [5, 5.41) is 9.70. The van der Waals surface area contributed by atoms with Gasteiger partial charge in [-0.15, -0.1) is 0 Å². The number of alkyl halides is 2. The topological polar surface area (TPSA) is 75.6 Å². The number of hydrogen-bond donors (Lipinski definition) is 2. The number of aliphatic carboxylic acids is 1. The van der Waals surface area contributed by atoms with Crippen LogP contribution in [0.5, 0.6) is 0 Å². The quantitative estimate of drug-likeness (QED) is 0.811. The van der Waals surface area contributed by atoms with Crippen LogP contribution in [0.3, 0.4) is 0 Å². The highest BCUT2D eigenvalue weighted by atomic mass is 19.3. The van der Waals surface area contributed by atoms with Gasteiger partial charge in [0.2, 0.25) is 0 Å². The molecule has 0 bridgehead atoms. The Hall–Kier alpha value is -2.96. The summed E-state index contributed by atoms with van der Waals surface area (Å²) in [6.07, 6.45) is -2.86. The lowest BCUT2D eigenvalue weighted by Crippen LogP contribution is -2.43. The van der Waals surface area contributed by atoms with Crippen LogP contribution in [0.2, 0.25) is 0 Å². The number of alkyl carbamates (subject to hydrolysis) is 1. The van der Waals surface area contributed by atoms with E-state index in [4.69, 9.17) is 9.84 Å². The number of carbonyl (C=O) groups excluding carboxylic acids is 1. The Kier molecular flexibility index (Phi) is 4.39. The molecule has 0 atom stereocenters. The number of ether oxygens (including phenoxy) is 1. The predicted octanol–water partition coefficient (Wildman–Crippen LogP) is 3.59. The maximum Gasteiger partial charge on any atom is 0.411 e. The normalized spacial score (nSPS) is 13.0. The number of carboxylic acids is 1. The van der Waals surface area contributed by atoms with Crippen LogP contribution in [0.4, 0.5) is 13.6 Å². The first-order valence-electron chi connectivity index (χ1n) is 7.60. The Morgan fingerprint density at radius 1 is 1.04 bits per heavy atom. The number of amides is 1. The number of benzene rings is 2. The van der Waals surface area contributed by atoms with Crippen molar-refractivity contribution in [3.63, 3.8) is 0 Å². The van der Waals surface area contributed by atoms with E-state index in [1.54, 1.807) is 0 Å². The summed E-state index contributed by atoms with van der Waals surface area (Å²) in [5.74, 6) is -1.98. The van der Waals surface area contributed by atoms with Crippen molar-refractivity contribution in [1.82, 2.24) is 5.32 Å². The standard InChI is InChI=1S/C18H15F2NO4/c19-18(20,9-16(22)23)21-17(24)25-10-15-13-7-3-1-5-11(13)12-6-2-4-8-14(12)15/h1-8,15H,9-10H2,(H,21,24)(H,22,23). The molecule has 0 spiro atoms. The van der Waals surface area contributed by atoms with Gasteiger partial charge in [0.05, 0.1) is 0 Å².